The van der Waals surface area contributed by atoms with Crippen LogP contribution in [0.2, 0.25) is 0 Å². The first-order valence-corrected chi connectivity index (χ1v) is 12.2. The van der Waals surface area contributed by atoms with Crippen molar-refractivity contribution < 1.29 is 14.3 Å². The van der Waals surface area contributed by atoms with Crippen LogP contribution in [0.25, 0.3) is 22.3 Å². The number of aromatic amines is 2. The van der Waals surface area contributed by atoms with E-state index in [2.05, 4.69) is 41.2 Å². The fourth-order valence-corrected chi connectivity index (χ4v) is 5.74. The topological polar surface area (TPSA) is 83.2 Å². The molecule has 7 heteroatoms. The second kappa shape index (κ2) is 8.95. The summed E-state index contributed by atoms with van der Waals surface area (Å²) in [5.74, 6) is 0.198. The Morgan fingerprint density at radius 2 is 1.91 bits per heavy atom. The molecule has 0 atom stereocenters. The fourth-order valence-electron chi connectivity index (χ4n) is 5.74. The van der Waals surface area contributed by atoms with Crippen LogP contribution in [-0.4, -0.2) is 54.6 Å². The normalized spacial score (nSPS) is 17.1. The maximum Gasteiger partial charge on any atom is 0.237 e. The summed E-state index contributed by atoms with van der Waals surface area (Å²) in [6, 6.07) is 4.49. The quantitative estimate of drug-likeness (QED) is 0.495. The molecule has 0 radical (unpaired) electrons. The van der Waals surface area contributed by atoms with Crippen molar-refractivity contribution in [3.8, 4) is 11.4 Å². The number of anilines is 1. The summed E-state index contributed by atoms with van der Waals surface area (Å²) in [5, 5.41) is 8.77. The van der Waals surface area contributed by atoms with Gasteiger partial charge >= 0.3 is 0 Å². The van der Waals surface area contributed by atoms with Gasteiger partial charge in [-0.2, -0.15) is 5.10 Å². The molecule has 0 saturated carbocycles. The molecular formula is C26H34N4O3. The molecule has 3 heterocycles. The SMILES string of the molecule is CCC1(CC)C(=O)N(CCOCCOC)c2cc3c4c([nH]c3cc21)-c1[nH]ncc1CCCC4. The van der Waals surface area contributed by atoms with Crippen LogP contribution in [0.5, 0.6) is 0 Å². The molecule has 0 bridgehead atoms. The molecule has 2 aromatic heterocycles. The van der Waals surface area contributed by atoms with Gasteiger partial charge in [0.2, 0.25) is 5.91 Å². The molecule has 1 aliphatic carbocycles. The number of carbonyl (C=O) groups is 1. The fraction of sp³-hybridized carbons (Fsp3) is 0.538. The summed E-state index contributed by atoms with van der Waals surface area (Å²) < 4.78 is 10.8. The molecule has 1 aromatic carbocycles. The third-order valence-electron chi connectivity index (χ3n) is 7.67. The number of benzene rings is 1. The lowest BCUT2D eigenvalue weighted by Crippen LogP contribution is -2.41. The number of fused-ring (bicyclic) bond motifs is 6. The Kier molecular flexibility index (Phi) is 6.01. The Labute approximate surface area is 194 Å². The summed E-state index contributed by atoms with van der Waals surface area (Å²) in [5.41, 5.74) is 7.68. The molecule has 176 valence electrons. The van der Waals surface area contributed by atoms with Crippen molar-refractivity contribution in [1.82, 2.24) is 15.2 Å². The van der Waals surface area contributed by atoms with Gasteiger partial charge in [0.05, 0.1) is 42.8 Å². The first-order valence-electron chi connectivity index (χ1n) is 12.2. The highest BCUT2D eigenvalue weighted by atomic mass is 16.5. The molecule has 2 N–H and O–H groups in total. The first kappa shape index (κ1) is 22.2. The Morgan fingerprint density at radius 1 is 1.09 bits per heavy atom. The van der Waals surface area contributed by atoms with E-state index in [0.717, 1.165) is 66.7 Å². The number of nitrogens with zero attached hydrogens (tertiary/aromatic N) is 2. The summed E-state index contributed by atoms with van der Waals surface area (Å²) in [7, 11) is 1.67. The lowest BCUT2D eigenvalue weighted by molar-refractivity contribution is -0.123. The molecule has 3 aromatic rings. The van der Waals surface area contributed by atoms with Gasteiger partial charge in [-0.15, -0.1) is 0 Å². The number of carbonyl (C=O) groups excluding carboxylic acids is 1. The monoisotopic (exact) mass is 450 g/mol. The van der Waals surface area contributed by atoms with Crippen LogP contribution in [0.3, 0.4) is 0 Å². The van der Waals surface area contributed by atoms with E-state index in [1.54, 1.807) is 7.11 Å². The maximum absolute atomic E-state index is 13.7. The smallest absolute Gasteiger partial charge is 0.237 e. The van der Waals surface area contributed by atoms with Gasteiger partial charge in [0.15, 0.2) is 0 Å². The van der Waals surface area contributed by atoms with Crippen molar-refractivity contribution in [2.24, 2.45) is 0 Å². The number of H-pyrrole nitrogens is 2. The molecule has 0 saturated heterocycles. The van der Waals surface area contributed by atoms with Crippen LogP contribution >= 0.6 is 0 Å². The Hall–Kier alpha value is -2.64. The molecular weight excluding hydrogens is 416 g/mol. The standard InChI is InChI=1S/C26H34N4O3/c1-4-26(5-2)20-15-21-19(14-22(20)30(25(26)31)10-11-33-13-12-32-3)18-9-7-6-8-17-16-27-29-23(17)24(18)28-21/h14-16,28H,4-13H2,1-3H3,(H,27,29). The van der Waals surface area contributed by atoms with Crippen LogP contribution in [-0.2, 0) is 32.5 Å². The lowest BCUT2D eigenvalue weighted by Gasteiger charge is -2.26. The van der Waals surface area contributed by atoms with E-state index in [1.807, 2.05) is 11.1 Å². The lowest BCUT2D eigenvalue weighted by atomic mass is 9.76. The van der Waals surface area contributed by atoms with Crippen molar-refractivity contribution in [1.29, 1.82) is 0 Å². The Bertz CT molecular complexity index is 1160. The van der Waals surface area contributed by atoms with Crippen LogP contribution in [0.15, 0.2) is 18.3 Å². The average molecular weight is 451 g/mol. The summed E-state index contributed by atoms with van der Waals surface area (Å²) in [6.45, 7) is 6.40. The van der Waals surface area contributed by atoms with Crippen molar-refractivity contribution in [3.63, 3.8) is 0 Å². The van der Waals surface area contributed by atoms with E-state index < -0.39 is 5.41 Å². The third-order valence-corrected chi connectivity index (χ3v) is 7.67. The van der Waals surface area contributed by atoms with Crippen LogP contribution in [0.4, 0.5) is 5.69 Å². The van der Waals surface area contributed by atoms with E-state index in [0.29, 0.717) is 26.4 Å². The highest BCUT2D eigenvalue weighted by molar-refractivity contribution is 6.11. The number of methoxy groups -OCH3 is 1. The molecule has 0 fully saturated rings. The molecule has 5 rings (SSSR count). The molecule has 33 heavy (non-hydrogen) atoms. The Balaban J connectivity index is 1.61. The first-order chi connectivity index (χ1) is 16.1. The van der Waals surface area contributed by atoms with Crippen LogP contribution in [0.1, 0.15) is 56.2 Å². The van der Waals surface area contributed by atoms with Gasteiger partial charge < -0.3 is 19.4 Å². The van der Waals surface area contributed by atoms with Crippen LogP contribution < -0.4 is 4.90 Å². The summed E-state index contributed by atoms with van der Waals surface area (Å²) in [4.78, 5) is 19.4. The third kappa shape index (κ3) is 3.49. The van der Waals surface area contributed by atoms with E-state index in [1.165, 1.54) is 16.5 Å². The van der Waals surface area contributed by atoms with Gasteiger partial charge in [-0.1, -0.05) is 13.8 Å². The minimum absolute atomic E-state index is 0.198. The molecule has 1 amide bonds. The number of nitrogens with one attached hydrogen (secondary N) is 2. The number of ether oxygens (including phenoxy) is 2. The zero-order valence-corrected chi connectivity index (χ0v) is 19.9. The molecule has 2 aliphatic rings. The van der Waals surface area contributed by atoms with Gasteiger partial charge in [-0.05, 0) is 67.3 Å². The van der Waals surface area contributed by atoms with E-state index in [4.69, 9.17) is 9.47 Å². The average Bonchev–Trinajstić information content (AvgIpc) is 3.47. The van der Waals surface area contributed by atoms with Crippen molar-refractivity contribution >= 4 is 22.5 Å². The molecule has 0 unspecified atom stereocenters. The predicted molar refractivity (Wildman–Crippen MR) is 130 cm³/mol. The van der Waals surface area contributed by atoms with Gasteiger partial charge in [0, 0.05) is 30.2 Å². The Morgan fingerprint density at radius 3 is 2.70 bits per heavy atom. The van der Waals surface area contributed by atoms with E-state index >= 15 is 0 Å². The second-order valence-corrected chi connectivity index (χ2v) is 9.22. The summed E-state index contributed by atoms with van der Waals surface area (Å²) >= 11 is 0. The highest BCUT2D eigenvalue weighted by Crippen LogP contribution is 2.49. The molecule has 1 aliphatic heterocycles. The number of hydrogen-bond acceptors (Lipinski definition) is 4. The maximum atomic E-state index is 13.7. The molecule has 0 spiro atoms. The van der Waals surface area contributed by atoms with Gasteiger partial charge in [-0.25, -0.2) is 0 Å². The second-order valence-electron chi connectivity index (χ2n) is 9.22. The summed E-state index contributed by atoms with van der Waals surface area (Å²) in [6.07, 6.45) is 7.90. The van der Waals surface area contributed by atoms with Gasteiger partial charge in [0.1, 0.15) is 0 Å². The van der Waals surface area contributed by atoms with E-state index in [-0.39, 0.29) is 5.91 Å². The highest BCUT2D eigenvalue weighted by Gasteiger charge is 2.48. The van der Waals surface area contributed by atoms with Crippen LogP contribution in [0, 0.1) is 0 Å². The van der Waals surface area contributed by atoms with Crippen molar-refractivity contribution in [2.45, 2.75) is 57.8 Å². The zero-order chi connectivity index (χ0) is 23.0. The number of amides is 1. The predicted octanol–water partition coefficient (Wildman–Crippen LogP) is 4.50. The van der Waals surface area contributed by atoms with Crippen molar-refractivity contribution in [3.05, 3.63) is 35.0 Å². The van der Waals surface area contributed by atoms with Gasteiger partial charge in [-0.3, -0.25) is 9.89 Å². The van der Waals surface area contributed by atoms with E-state index in [9.17, 15) is 4.79 Å². The number of aryl methyl sites for hydroxylation is 2. The zero-order valence-electron chi connectivity index (χ0n) is 19.9. The van der Waals surface area contributed by atoms with Gasteiger partial charge in [0.25, 0.3) is 0 Å². The molecule has 7 nitrogen and oxygen atoms in total. The number of rotatable bonds is 8. The number of aromatic nitrogens is 3. The minimum atomic E-state index is -0.478. The number of hydrogen-bond donors (Lipinski definition) is 2. The minimum Gasteiger partial charge on any atom is -0.382 e. The van der Waals surface area contributed by atoms with Crippen molar-refractivity contribution in [2.75, 3.05) is 38.4 Å². The largest absolute Gasteiger partial charge is 0.382 e.